The number of methoxy groups -OCH3 is 5. The normalized spacial score (nSPS) is 18.4. The molecular weight excluding hydrogens is 476 g/mol. The van der Waals surface area contributed by atoms with E-state index in [2.05, 4.69) is 4.74 Å². The lowest BCUT2D eigenvalue weighted by molar-refractivity contribution is -0.214. The van der Waals surface area contributed by atoms with Crippen LogP contribution in [0.4, 0.5) is 0 Å². The van der Waals surface area contributed by atoms with Gasteiger partial charge in [-0.2, -0.15) is 0 Å². The highest BCUT2D eigenvalue weighted by atomic mass is 16.7. The molecule has 2 atom stereocenters. The summed E-state index contributed by atoms with van der Waals surface area (Å²) in [5.41, 5.74) is -0.147. The summed E-state index contributed by atoms with van der Waals surface area (Å²) in [6.45, 7) is 0. The summed E-state index contributed by atoms with van der Waals surface area (Å²) in [7, 11) is 6.79. The van der Waals surface area contributed by atoms with Crippen LogP contribution in [-0.4, -0.2) is 57.5 Å². The van der Waals surface area contributed by atoms with Crippen LogP contribution in [0.3, 0.4) is 0 Å². The Labute approximate surface area is 205 Å². The SMILES string of the molecule is COC(=O)c1cc2cc(CC[C@@]3(OC)Oc4c(OC)ccc(OC)c4[C@H]3O)c(O)c(OC)c2c(=O)o1. The third-order valence-corrected chi connectivity index (χ3v) is 6.26. The van der Waals surface area contributed by atoms with Gasteiger partial charge in [-0.15, -0.1) is 0 Å². The summed E-state index contributed by atoms with van der Waals surface area (Å²) in [5, 5.41) is 22.4. The summed E-state index contributed by atoms with van der Waals surface area (Å²) >= 11 is 0. The van der Waals surface area contributed by atoms with E-state index in [1.165, 1.54) is 40.6 Å². The minimum absolute atomic E-state index is 0.0353. The van der Waals surface area contributed by atoms with Crippen LogP contribution >= 0.6 is 0 Å². The van der Waals surface area contributed by atoms with E-state index in [4.69, 9.17) is 28.1 Å². The summed E-state index contributed by atoms with van der Waals surface area (Å²) in [5.74, 6) is -2.00. The molecule has 11 nitrogen and oxygen atoms in total. The Bertz CT molecular complexity index is 1380. The van der Waals surface area contributed by atoms with Crippen LogP contribution in [-0.2, 0) is 15.9 Å². The molecule has 1 aliphatic rings. The van der Waals surface area contributed by atoms with Gasteiger partial charge in [-0.3, -0.25) is 0 Å². The molecule has 0 amide bonds. The maximum Gasteiger partial charge on any atom is 0.374 e. The molecule has 11 heteroatoms. The highest BCUT2D eigenvalue weighted by molar-refractivity contribution is 5.95. The maximum absolute atomic E-state index is 12.6. The number of hydrogen-bond acceptors (Lipinski definition) is 11. The quantitative estimate of drug-likeness (QED) is 0.439. The van der Waals surface area contributed by atoms with E-state index in [1.807, 2.05) is 0 Å². The van der Waals surface area contributed by atoms with Crippen molar-refractivity contribution in [1.29, 1.82) is 0 Å². The van der Waals surface area contributed by atoms with E-state index in [1.54, 1.807) is 12.1 Å². The van der Waals surface area contributed by atoms with Crippen molar-refractivity contribution in [2.24, 2.45) is 0 Å². The lowest BCUT2D eigenvalue weighted by Gasteiger charge is -2.30. The van der Waals surface area contributed by atoms with E-state index in [9.17, 15) is 19.8 Å². The number of aromatic hydroxyl groups is 1. The highest BCUT2D eigenvalue weighted by Gasteiger charge is 2.51. The fraction of sp³-hybridized carbons (Fsp3) is 0.360. The Morgan fingerprint density at radius 3 is 2.36 bits per heavy atom. The number of carbonyl (C=O) groups is 1. The van der Waals surface area contributed by atoms with E-state index < -0.39 is 23.5 Å². The van der Waals surface area contributed by atoms with Gasteiger partial charge in [0.15, 0.2) is 29.1 Å². The fourth-order valence-corrected chi connectivity index (χ4v) is 4.42. The van der Waals surface area contributed by atoms with Crippen LogP contribution in [0.15, 0.2) is 33.5 Å². The van der Waals surface area contributed by atoms with Crippen LogP contribution in [0, 0.1) is 0 Å². The van der Waals surface area contributed by atoms with Gasteiger partial charge in [-0.05, 0) is 41.6 Å². The highest BCUT2D eigenvalue weighted by Crippen LogP contribution is 2.54. The average molecular weight is 502 g/mol. The number of phenolic OH excluding ortho intramolecular Hbond substituents is 1. The Balaban J connectivity index is 1.76. The Morgan fingerprint density at radius 1 is 1.06 bits per heavy atom. The molecule has 1 aliphatic heterocycles. The van der Waals surface area contributed by atoms with Gasteiger partial charge in [0.25, 0.3) is 0 Å². The summed E-state index contributed by atoms with van der Waals surface area (Å²) in [4.78, 5) is 24.5. The number of hydrogen-bond donors (Lipinski definition) is 2. The number of carbonyl (C=O) groups excluding carboxylic acids is 1. The van der Waals surface area contributed by atoms with Gasteiger partial charge in [0.05, 0.1) is 34.0 Å². The van der Waals surface area contributed by atoms with Crippen molar-refractivity contribution in [2.45, 2.75) is 24.7 Å². The molecule has 0 radical (unpaired) electrons. The topological polar surface area (TPSA) is 143 Å². The molecule has 36 heavy (non-hydrogen) atoms. The molecule has 0 saturated heterocycles. The van der Waals surface area contributed by atoms with Crippen LogP contribution in [0.1, 0.15) is 34.2 Å². The van der Waals surface area contributed by atoms with Crippen molar-refractivity contribution >= 4 is 16.7 Å². The molecular formula is C25H26O11. The maximum atomic E-state index is 12.6. The van der Waals surface area contributed by atoms with Gasteiger partial charge in [0.2, 0.25) is 11.5 Å². The number of aliphatic hydroxyl groups excluding tert-OH is 1. The molecule has 0 bridgehead atoms. The zero-order chi connectivity index (χ0) is 26.2. The molecule has 2 heterocycles. The van der Waals surface area contributed by atoms with E-state index in [-0.39, 0.29) is 41.2 Å². The van der Waals surface area contributed by atoms with Crippen molar-refractivity contribution in [2.75, 3.05) is 35.5 Å². The molecule has 0 spiro atoms. The minimum Gasteiger partial charge on any atom is -0.504 e. The second-order valence-electron chi connectivity index (χ2n) is 8.00. The first-order valence-electron chi connectivity index (χ1n) is 10.9. The molecule has 192 valence electrons. The summed E-state index contributed by atoms with van der Waals surface area (Å²) in [6.07, 6.45) is -1.06. The number of ether oxygens (including phenoxy) is 6. The average Bonchev–Trinajstić information content (AvgIpc) is 3.19. The number of phenols is 1. The largest absolute Gasteiger partial charge is 0.504 e. The van der Waals surface area contributed by atoms with Gasteiger partial charge in [0, 0.05) is 13.5 Å². The van der Waals surface area contributed by atoms with Gasteiger partial charge in [-0.1, -0.05) is 0 Å². The standard InChI is InChI=1S/C25H26O11/c1-30-14-6-7-15(31-2)20-18(14)22(27)25(34-5,36-20)9-8-12-10-13-11-16(23(28)33-4)35-24(29)17(13)21(32-3)19(12)26/h6-7,10-11,22,26-27H,8-9H2,1-5H3/t22-,25-/m1/s1. The molecule has 0 aliphatic carbocycles. The Kier molecular flexibility index (Phi) is 6.70. The summed E-state index contributed by atoms with van der Waals surface area (Å²) < 4.78 is 37.5. The smallest absolute Gasteiger partial charge is 0.374 e. The predicted octanol–water partition coefficient (Wildman–Crippen LogP) is 2.71. The Morgan fingerprint density at radius 2 is 1.75 bits per heavy atom. The van der Waals surface area contributed by atoms with Crippen molar-refractivity contribution < 1.29 is 47.8 Å². The van der Waals surface area contributed by atoms with Gasteiger partial charge in [0.1, 0.15) is 11.1 Å². The number of aliphatic hydroxyl groups is 1. The molecule has 1 aromatic heterocycles. The van der Waals surface area contributed by atoms with Crippen LogP contribution < -0.4 is 24.6 Å². The first kappa shape index (κ1) is 25.1. The molecule has 2 N–H and O–H groups in total. The predicted molar refractivity (Wildman–Crippen MR) is 125 cm³/mol. The number of benzene rings is 2. The molecule has 0 unspecified atom stereocenters. The van der Waals surface area contributed by atoms with Crippen molar-refractivity contribution in [3.63, 3.8) is 0 Å². The van der Waals surface area contributed by atoms with E-state index >= 15 is 0 Å². The number of fused-ring (bicyclic) bond motifs is 2. The second kappa shape index (κ2) is 9.59. The lowest BCUT2D eigenvalue weighted by Crippen LogP contribution is -2.40. The van der Waals surface area contributed by atoms with E-state index in [0.29, 0.717) is 28.0 Å². The van der Waals surface area contributed by atoms with Crippen molar-refractivity contribution in [3.05, 3.63) is 51.6 Å². The van der Waals surface area contributed by atoms with Crippen molar-refractivity contribution in [3.8, 4) is 28.7 Å². The van der Waals surface area contributed by atoms with Crippen molar-refractivity contribution in [1.82, 2.24) is 0 Å². The monoisotopic (exact) mass is 502 g/mol. The van der Waals surface area contributed by atoms with Gasteiger partial charge < -0.3 is 43.1 Å². The van der Waals surface area contributed by atoms with E-state index in [0.717, 1.165) is 7.11 Å². The van der Waals surface area contributed by atoms with Gasteiger partial charge >= 0.3 is 11.6 Å². The summed E-state index contributed by atoms with van der Waals surface area (Å²) in [6, 6.07) is 6.16. The number of esters is 1. The molecule has 0 fully saturated rings. The molecule has 4 rings (SSSR count). The zero-order valence-electron chi connectivity index (χ0n) is 20.4. The number of aryl methyl sites for hydroxylation is 1. The first-order chi connectivity index (χ1) is 17.2. The minimum atomic E-state index is -1.54. The lowest BCUT2D eigenvalue weighted by atomic mass is 9.95. The third kappa shape index (κ3) is 3.86. The number of rotatable bonds is 8. The zero-order valence-corrected chi connectivity index (χ0v) is 20.4. The van der Waals surface area contributed by atoms with Crippen LogP contribution in [0.5, 0.6) is 28.7 Å². The third-order valence-electron chi connectivity index (χ3n) is 6.26. The van der Waals surface area contributed by atoms with Crippen LogP contribution in [0.2, 0.25) is 0 Å². The fourth-order valence-electron chi connectivity index (χ4n) is 4.42. The first-order valence-corrected chi connectivity index (χ1v) is 10.9. The Hall–Kier alpha value is -3.96. The molecule has 3 aromatic rings. The van der Waals surface area contributed by atoms with Crippen LogP contribution in [0.25, 0.3) is 10.8 Å². The molecule has 2 aromatic carbocycles. The van der Waals surface area contributed by atoms with Gasteiger partial charge in [-0.25, -0.2) is 9.59 Å². The molecule has 0 saturated carbocycles. The second-order valence-corrected chi connectivity index (χ2v) is 8.00.